The standard InChI is InChI=1S/C19H20F3N9/c20-19(21,22)15-10-31-14(6-28-17(31)7-27-15)18-26-2-1-16(29-18)30-8-11(3-13(25)9-30)12(4-23)5-24/h1-2,4-7,10-11,13,23H,3,8-9,24-25H2/b12-5+,23-4?. The highest BCUT2D eigenvalue weighted by Gasteiger charge is 2.33. The molecular weight excluding hydrogens is 411 g/mol. The molecule has 0 saturated carbocycles. The number of aromatic nitrogens is 5. The molecular formula is C19H20F3N9. The van der Waals surface area contributed by atoms with Crippen molar-refractivity contribution in [3.05, 3.63) is 48.3 Å². The number of piperidine rings is 1. The normalized spacial score (nSPS) is 20.3. The molecule has 12 heteroatoms. The predicted octanol–water partition coefficient (Wildman–Crippen LogP) is 1.85. The third kappa shape index (κ3) is 4.06. The van der Waals surface area contributed by atoms with E-state index < -0.39 is 11.9 Å². The van der Waals surface area contributed by atoms with Gasteiger partial charge in [0, 0.05) is 43.7 Å². The second kappa shape index (κ2) is 7.95. The van der Waals surface area contributed by atoms with E-state index in [1.165, 1.54) is 29.2 Å². The fourth-order valence-electron chi connectivity index (χ4n) is 3.72. The SMILES string of the molecule is N=C/C(=C\N)C1CC(N)CN(c2ccnc(-c3cnc4cnc(C(F)(F)F)cn34)n2)C1. The van der Waals surface area contributed by atoms with E-state index in [4.69, 9.17) is 16.9 Å². The summed E-state index contributed by atoms with van der Waals surface area (Å²) < 4.78 is 40.5. The van der Waals surface area contributed by atoms with Crippen LogP contribution in [0.3, 0.4) is 0 Å². The van der Waals surface area contributed by atoms with Gasteiger partial charge in [-0.15, -0.1) is 0 Å². The van der Waals surface area contributed by atoms with Crippen molar-refractivity contribution in [1.29, 1.82) is 5.41 Å². The first-order valence-electron chi connectivity index (χ1n) is 9.46. The lowest BCUT2D eigenvalue weighted by Crippen LogP contribution is -2.48. The molecule has 2 atom stereocenters. The zero-order valence-corrected chi connectivity index (χ0v) is 16.3. The van der Waals surface area contributed by atoms with Crippen molar-refractivity contribution < 1.29 is 13.2 Å². The molecule has 1 saturated heterocycles. The van der Waals surface area contributed by atoms with Crippen molar-refractivity contribution >= 4 is 17.7 Å². The van der Waals surface area contributed by atoms with Crippen molar-refractivity contribution in [2.45, 2.75) is 18.6 Å². The van der Waals surface area contributed by atoms with Gasteiger partial charge in [0.25, 0.3) is 0 Å². The molecule has 5 N–H and O–H groups in total. The van der Waals surface area contributed by atoms with Crippen LogP contribution < -0.4 is 16.4 Å². The number of hydrogen-bond donors (Lipinski definition) is 3. The fraction of sp³-hybridized carbons (Fsp3) is 0.316. The smallest absolute Gasteiger partial charge is 0.404 e. The summed E-state index contributed by atoms with van der Waals surface area (Å²) in [6, 6.07) is 1.56. The Morgan fingerprint density at radius 3 is 2.71 bits per heavy atom. The van der Waals surface area contributed by atoms with Crippen molar-refractivity contribution in [3.63, 3.8) is 0 Å². The minimum atomic E-state index is -4.58. The van der Waals surface area contributed by atoms with E-state index in [1.54, 1.807) is 6.07 Å². The number of nitrogens with zero attached hydrogens (tertiary/aromatic N) is 6. The van der Waals surface area contributed by atoms with Gasteiger partial charge in [0.1, 0.15) is 11.5 Å². The Kier molecular flexibility index (Phi) is 5.31. The van der Waals surface area contributed by atoms with Gasteiger partial charge in [-0.3, -0.25) is 4.40 Å². The molecule has 162 valence electrons. The molecule has 2 unspecified atom stereocenters. The van der Waals surface area contributed by atoms with Gasteiger partial charge in [0.2, 0.25) is 0 Å². The van der Waals surface area contributed by atoms with Gasteiger partial charge in [-0.25, -0.2) is 19.9 Å². The maximum Gasteiger partial charge on any atom is 0.434 e. The van der Waals surface area contributed by atoms with Crippen LogP contribution in [0.5, 0.6) is 0 Å². The number of fused-ring (bicyclic) bond motifs is 1. The van der Waals surface area contributed by atoms with E-state index in [0.29, 0.717) is 36.6 Å². The fourth-order valence-corrected chi connectivity index (χ4v) is 3.72. The highest BCUT2D eigenvalue weighted by atomic mass is 19.4. The number of imidazole rings is 1. The molecule has 0 radical (unpaired) electrons. The van der Waals surface area contributed by atoms with Gasteiger partial charge in [-0.1, -0.05) is 0 Å². The number of hydrogen-bond acceptors (Lipinski definition) is 8. The summed E-state index contributed by atoms with van der Waals surface area (Å²) in [6.07, 6.45) is 3.61. The Balaban J connectivity index is 1.70. The Morgan fingerprint density at radius 1 is 1.19 bits per heavy atom. The summed E-state index contributed by atoms with van der Waals surface area (Å²) in [4.78, 5) is 18.3. The minimum Gasteiger partial charge on any atom is -0.404 e. The highest BCUT2D eigenvalue weighted by Crippen LogP contribution is 2.29. The van der Waals surface area contributed by atoms with Gasteiger partial charge in [-0.05, 0) is 24.3 Å². The van der Waals surface area contributed by atoms with Crippen molar-refractivity contribution in [3.8, 4) is 11.5 Å². The van der Waals surface area contributed by atoms with Gasteiger partial charge in [-0.2, -0.15) is 13.2 Å². The lowest BCUT2D eigenvalue weighted by Gasteiger charge is -2.37. The first-order chi connectivity index (χ1) is 14.8. The van der Waals surface area contributed by atoms with Crippen molar-refractivity contribution in [2.24, 2.45) is 17.4 Å². The van der Waals surface area contributed by atoms with E-state index in [1.807, 2.05) is 4.90 Å². The minimum absolute atomic E-state index is 0.0270. The molecule has 9 nitrogen and oxygen atoms in total. The van der Waals surface area contributed by atoms with Gasteiger partial charge in [0.05, 0.1) is 12.4 Å². The summed E-state index contributed by atoms with van der Waals surface area (Å²) in [5, 5.41) is 7.55. The molecule has 4 heterocycles. The van der Waals surface area contributed by atoms with Crippen LogP contribution >= 0.6 is 0 Å². The summed E-state index contributed by atoms with van der Waals surface area (Å²) in [6.45, 7) is 1.09. The Labute approximate surface area is 175 Å². The van der Waals surface area contributed by atoms with E-state index in [0.717, 1.165) is 12.4 Å². The van der Waals surface area contributed by atoms with Gasteiger partial charge in [0.15, 0.2) is 17.2 Å². The molecule has 0 aromatic carbocycles. The predicted molar refractivity (Wildman–Crippen MR) is 108 cm³/mol. The third-order valence-corrected chi connectivity index (χ3v) is 5.19. The first kappa shape index (κ1) is 20.7. The van der Waals surface area contributed by atoms with Gasteiger partial charge >= 0.3 is 6.18 Å². The molecule has 1 aliphatic rings. The number of rotatable bonds is 4. The van der Waals surface area contributed by atoms with Crippen LogP contribution in [0.1, 0.15) is 12.1 Å². The quantitative estimate of drug-likeness (QED) is 0.537. The molecule has 3 aromatic rings. The van der Waals surface area contributed by atoms with Crippen molar-refractivity contribution in [2.75, 3.05) is 18.0 Å². The maximum absolute atomic E-state index is 13.1. The second-order valence-corrected chi connectivity index (χ2v) is 7.29. The van der Waals surface area contributed by atoms with Crippen LogP contribution in [-0.2, 0) is 6.18 Å². The molecule has 1 fully saturated rings. The lowest BCUT2D eigenvalue weighted by atomic mass is 9.89. The topological polar surface area (TPSA) is 135 Å². The monoisotopic (exact) mass is 431 g/mol. The number of halogens is 3. The van der Waals surface area contributed by atoms with Crippen LogP contribution in [0, 0.1) is 11.3 Å². The third-order valence-electron chi connectivity index (χ3n) is 5.19. The van der Waals surface area contributed by atoms with Crippen LogP contribution in [0.15, 0.2) is 42.6 Å². The molecule has 3 aromatic heterocycles. The molecule has 4 rings (SSSR count). The Hall–Kier alpha value is -3.54. The second-order valence-electron chi connectivity index (χ2n) is 7.29. The first-order valence-corrected chi connectivity index (χ1v) is 9.46. The number of nitrogens with one attached hydrogen (secondary N) is 1. The largest absolute Gasteiger partial charge is 0.434 e. The molecule has 0 amide bonds. The molecule has 1 aliphatic heterocycles. The van der Waals surface area contributed by atoms with E-state index >= 15 is 0 Å². The average molecular weight is 431 g/mol. The molecule has 0 aliphatic carbocycles. The molecule has 0 spiro atoms. The summed E-state index contributed by atoms with van der Waals surface area (Å²) in [5.41, 5.74) is 12.1. The zero-order chi connectivity index (χ0) is 22.2. The number of anilines is 1. The average Bonchev–Trinajstić information content (AvgIpc) is 3.17. The van der Waals surface area contributed by atoms with E-state index in [-0.39, 0.29) is 23.4 Å². The molecule has 0 bridgehead atoms. The van der Waals surface area contributed by atoms with E-state index in [9.17, 15) is 13.2 Å². The van der Waals surface area contributed by atoms with E-state index in [2.05, 4.69) is 19.9 Å². The zero-order valence-electron chi connectivity index (χ0n) is 16.3. The lowest BCUT2D eigenvalue weighted by molar-refractivity contribution is -0.141. The van der Waals surface area contributed by atoms with Crippen LogP contribution in [-0.4, -0.2) is 49.7 Å². The summed E-state index contributed by atoms with van der Waals surface area (Å²) in [5.74, 6) is 0.772. The van der Waals surface area contributed by atoms with Crippen LogP contribution in [0.25, 0.3) is 17.2 Å². The van der Waals surface area contributed by atoms with Crippen molar-refractivity contribution in [1.82, 2.24) is 24.3 Å². The summed E-state index contributed by atoms with van der Waals surface area (Å²) >= 11 is 0. The number of nitrogens with two attached hydrogens (primary N) is 2. The number of alkyl halides is 3. The maximum atomic E-state index is 13.1. The Morgan fingerprint density at radius 2 is 2.00 bits per heavy atom. The van der Waals surface area contributed by atoms with Gasteiger partial charge < -0.3 is 21.8 Å². The van der Waals surface area contributed by atoms with Crippen LogP contribution in [0.2, 0.25) is 0 Å². The highest BCUT2D eigenvalue weighted by molar-refractivity contribution is 5.76. The van der Waals surface area contributed by atoms with Crippen LogP contribution in [0.4, 0.5) is 19.0 Å². The Bertz CT molecular complexity index is 1140. The summed E-state index contributed by atoms with van der Waals surface area (Å²) in [7, 11) is 0. The molecule has 31 heavy (non-hydrogen) atoms.